The first-order valence-electron chi connectivity index (χ1n) is 11.1. The number of hydrogen-bond acceptors (Lipinski definition) is 3. The normalized spacial score (nSPS) is 13.3. The lowest BCUT2D eigenvalue weighted by atomic mass is 9.86. The van der Waals surface area contributed by atoms with Gasteiger partial charge in [0.15, 0.2) is 0 Å². The minimum Gasteiger partial charge on any atom is -0.494 e. The number of fused-ring (bicyclic) bond motifs is 1. The Hall–Kier alpha value is -3.24. The molecular weight excluding hydrogens is 418 g/mol. The number of anilines is 1. The number of ether oxygens (including phenoxy) is 1. The summed E-state index contributed by atoms with van der Waals surface area (Å²) in [6, 6.07) is 26.9. The maximum absolute atomic E-state index is 6.38. The molecule has 0 atom stereocenters. The Kier molecular flexibility index (Phi) is 5.87. The molecule has 3 aromatic carbocycles. The lowest BCUT2D eigenvalue weighted by molar-refractivity contribution is 0.412. The van der Waals surface area contributed by atoms with E-state index in [2.05, 4.69) is 66.0 Å². The molecule has 0 saturated heterocycles. The van der Waals surface area contributed by atoms with E-state index >= 15 is 0 Å². The summed E-state index contributed by atoms with van der Waals surface area (Å²) >= 11 is 6.38. The quantitative estimate of drug-likeness (QED) is 0.384. The number of rotatable bonds is 5. The van der Waals surface area contributed by atoms with E-state index in [0.717, 1.165) is 48.8 Å². The maximum atomic E-state index is 6.38. The molecule has 4 aromatic rings. The highest BCUT2D eigenvalue weighted by Gasteiger charge is 2.29. The molecule has 1 N–H and O–H groups in total. The van der Waals surface area contributed by atoms with Gasteiger partial charge in [0.1, 0.15) is 17.3 Å². The van der Waals surface area contributed by atoms with Gasteiger partial charge in [-0.05, 0) is 48.6 Å². The summed E-state index contributed by atoms with van der Waals surface area (Å²) in [4.78, 5) is 0. The van der Waals surface area contributed by atoms with Crippen LogP contribution in [-0.2, 0) is 6.42 Å². The number of aromatic nitrogens is 2. The number of methoxy groups -OCH3 is 1. The Labute approximate surface area is 193 Å². The van der Waals surface area contributed by atoms with Gasteiger partial charge in [-0.15, -0.1) is 0 Å². The van der Waals surface area contributed by atoms with Crippen LogP contribution in [0, 0.1) is 0 Å². The Morgan fingerprint density at radius 3 is 2.28 bits per heavy atom. The molecule has 0 radical (unpaired) electrons. The lowest BCUT2D eigenvalue weighted by Gasteiger charge is -2.18. The highest BCUT2D eigenvalue weighted by Crippen LogP contribution is 2.40. The summed E-state index contributed by atoms with van der Waals surface area (Å²) in [5, 5.41) is 9.52. The van der Waals surface area contributed by atoms with Crippen LogP contribution in [0.3, 0.4) is 0 Å². The summed E-state index contributed by atoms with van der Waals surface area (Å²) in [7, 11) is 1.68. The molecule has 1 aliphatic heterocycles. The molecule has 0 aliphatic carbocycles. The van der Waals surface area contributed by atoms with Crippen molar-refractivity contribution in [3.05, 3.63) is 106 Å². The third kappa shape index (κ3) is 3.87. The van der Waals surface area contributed by atoms with E-state index in [9.17, 15) is 0 Å². The Bertz CT molecular complexity index is 1170. The van der Waals surface area contributed by atoms with Gasteiger partial charge in [0.05, 0.1) is 18.7 Å². The molecular formula is C27H26ClN3O. The Morgan fingerprint density at radius 1 is 0.938 bits per heavy atom. The van der Waals surface area contributed by atoms with Crippen LogP contribution in [0.4, 0.5) is 5.82 Å². The SMILES string of the molecule is COc1ccc(Cl)cc1-n1nc(C(c2ccccc2)c2ccccc2)c2c1NCCCC2. The standard InChI is InChI=1S/C27H26ClN3O/c1-32-24-16-15-21(28)18-23(24)31-27-22(14-8-9-17-29-27)26(30-31)25(19-10-4-2-5-11-19)20-12-6-3-7-13-20/h2-7,10-13,15-16,18,25,29H,8-9,14,17H2,1H3. The first kappa shape index (κ1) is 20.7. The molecule has 5 heteroatoms. The van der Waals surface area contributed by atoms with Gasteiger partial charge in [-0.3, -0.25) is 0 Å². The second kappa shape index (κ2) is 9.09. The first-order valence-corrected chi connectivity index (χ1v) is 11.4. The molecule has 162 valence electrons. The van der Waals surface area contributed by atoms with Gasteiger partial charge in [-0.25, -0.2) is 4.68 Å². The van der Waals surface area contributed by atoms with Crippen molar-refractivity contribution < 1.29 is 4.74 Å². The predicted octanol–water partition coefficient (Wildman–Crippen LogP) is 6.46. The molecule has 0 spiro atoms. The van der Waals surface area contributed by atoms with E-state index in [1.165, 1.54) is 16.7 Å². The van der Waals surface area contributed by atoms with E-state index in [1.54, 1.807) is 7.11 Å². The van der Waals surface area contributed by atoms with E-state index in [4.69, 9.17) is 21.4 Å². The van der Waals surface area contributed by atoms with Crippen molar-refractivity contribution in [2.24, 2.45) is 0 Å². The van der Waals surface area contributed by atoms with Gasteiger partial charge in [0.25, 0.3) is 0 Å². The second-order valence-electron chi connectivity index (χ2n) is 8.08. The number of nitrogens with one attached hydrogen (secondary N) is 1. The summed E-state index contributed by atoms with van der Waals surface area (Å²) in [5.41, 5.74) is 5.65. The molecule has 0 amide bonds. The summed E-state index contributed by atoms with van der Waals surface area (Å²) in [6.45, 7) is 0.919. The van der Waals surface area contributed by atoms with Crippen LogP contribution in [-0.4, -0.2) is 23.4 Å². The fourth-order valence-corrected chi connectivity index (χ4v) is 4.73. The van der Waals surface area contributed by atoms with Crippen molar-refractivity contribution >= 4 is 17.4 Å². The minimum atomic E-state index is 0.0393. The van der Waals surface area contributed by atoms with E-state index in [0.29, 0.717) is 5.02 Å². The molecule has 0 fully saturated rings. The van der Waals surface area contributed by atoms with Crippen molar-refractivity contribution in [1.82, 2.24) is 9.78 Å². The van der Waals surface area contributed by atoms with Crippen molar-refractivity contribution in [2.75, 3.05) is 19.0 Å². The van der Waals surface area contributed by atoms with Crippen LogP contribution >= 0.6 is 11.6 Å². The van der Waals surface area contributed by atoms with Crippen LogP contribution in [0.25, 0.3) is 5.69 Å². The zero-order valence-electron chi connectivity index (χ0n) is 18.1. The number of nitrogens with zero attached hydrogens (tertiary/aromatic N) is 2. The molecule has 4 nitrogen and oxygen atoms in total. The van der Waals surface area contributed by atoms with Crippen LogP contribution in [0.15, 0.2) is 78.9 Å². The number of hydrogen-bond donors (Lipinski definition) is 1. The summed E-state index contributed by atoms with van der Waals surface area (Å²) < 4.78 is 7.65. The van der Waals surface area contributed by atoms with E-state index < -0.39 is 0 Å². The van der Waals surface area contributed by atoms with Gasteiger partial charge in [-0.2, -0.15) is 5.10 Å². The summed E-state index contributed by atoms with van der Waals surface area (Å²) in [5.74, 6) is 1.82. The van der Waals surface area contributed by atoms with Crippen molar-refractivity contribution in [2.45, 2.75) is 25.2 Å². The smallest absolute Gasteiger partial charge is 0.144 e. The average Bonchev–Trinajstić information content (AvgIpc) is 3.01. The van der Waals surface area contributed by atoms with Crippen molar-refractivity contribution in [3.8, 4) is 11.4 Å². The topological polar surface area (TPSA) is 39.1 Å². The Balaban J connectivity index is 1.76. The van der Waals surface area contributed by atoms with E-state index in [1.807, 2.05) is 22.9 Å². The molecule has 0 saturated carbocycles. The zero-order chi connectivity index (χ0) is 21.9. The van der Waals surface area contributed by atoms with Crippen molar-refractivity contribution in [3.63, 3.8) is 0 Å². The minimum absolute atomic E-state index is 0.0393. The highest BCUT2D eigenvalue weighted by molar-refractivity contribution is 6.30. The third-order valence-electron chi connectivity index (χ3n) is 6.07. The predicted molar refractivity (Wildman–Crippen MR) is 130 cm³/mol. The molecule has 2 heterocycles. The second-order valence-corrected chi connectivity index (χ2v) is 8.52. The number of halogens is 1. The van der Waals surface area contributed by atoms with Crippen molar-refractivity contribution in [1.29, 1.82) is 0 Å². The monoisotopic (exact) mass is 443 g/mol. The highest BCUT2D eigenvalue weighted by atomic mass is 35.5. The van der Waals surface area contributed by atoms with Crippen LogP contribution in [0.2, 0.25) is 5.02 Å². The molecule has 1 aromatic heterocycles. The van der Waals surface area contributed by atoms with Gasteiger partial charge in [-0.1, -0.05) is 72.3 Å². The van der Waals surface area contributed by atoms with Crippen LogP contribution < -0.4 is 10.1 Å². The number of benzene rings is 3. The van der Waals surface area contributed by atoms with E-state index in [-0.39, 0.29) is 5.92 Å². The van der Waals surface area contributed by atoms with Crippen LogP contribution in [0.5, 0.6) is 5.75 Å². The fraction of sp³-hybridized carbons (Fsp3) is 0.222. The fourth-order valence-electron chi connectivity index (χ4n) is 4.56. The average molecular weight is 444 g/mol. The molecule has 0 unspecified atom stereocenters. The lowest BCUT2D eigenvalue weighted by Crippen LogP contribution is -2.09. The molecule has 0 bridgehead atoms. The molecule has 1 aliphatic rings. The third-order valence-corrected chi connectivity index (χ3v) is 6.30. The molecule has 32 heavy (non-hydrogen) atoms. The zero-order valence-corrected chi connectivity index (χ0v) is 18.8. The molecule has 5 rings (SSSR count). The van der Waals surface area contributed by atoms with Gasteiger partial charge in [0.2, 0.25) is 0 Å². The van der Waals surface area contributed by atoms with Gasteiger partial charge >= 0.3 is 0 Å². The van der Waals surface area contributed by atoms with Crippen LogP contribution in [0.1, 0.15) is 41.1 Å². The largest absolute Gasteiger partial charge is 0.494 e. The Morgan fingerprint density at radius 2 is 1.62 bits per heavy atom. The first-order chi connectivity index (χ1) is 15.8. The summed E-state index contributed by atoms with van der Waals surface area (Å²) in [6.07, 6.45) is 3.24. The van der Waals surface area contributed by atoms with Gasteiger partial charge < -0.3 is 10.1 Å². The van der Waals surface area contributed by atoms with Gasteiger partial charge in [0, 0.05) is 17.1 Å². The maximum Gasteiger partial charge on any atom is 0.144 e.